The van der Waals surface area contributed by atoms with Crippen molar-refractivity contribution in [2.24, 2.45) is 13.5 Å². The third-order valence-corrected chi connectivity index (χ3v) is 15.0. The Hall–Kier alpha value is -5.99. The normalized spacial score (nSPS) is 14.4. The van der Waals surface area contributed by atoms with Crippen molar-refractivity contribution < 1.29 is 46.6 Å². The Labute approximate surface area is 324 Å². The molecule has 1 aliphatic heterocycles. The van der Waals surface area contributed by atoms with Crippen molar-refractivity contribution in [1.29, 1.82) is 0 Å². The van der Waals surface area contributed by atoms with Gasteiger partial charge in [-0.3, -0.25) is 24.0 Å². The quantitative estimate of drug-likeness (QED) is 0.0732. The Morgan fingerprint density at radius 1 is 0.393 bits per heavy atom. The Balaban J connectivity index is 1.59. The zero-order valence-electron chi connectivity index (χ0n) is 30.8. The molecule has 1 atom stereocenters. The number of benzene rings is 5. The Morgan fingerprint density at radius 3 is 0.911 bits per heavy atom. The smallest absolute Gasteiger partial charge is 0.411 e. The molecule has 1 aliphatic rings. The van der Waals surface area contributed by atoms with Crippen LogP contribution in [0.1, 0.15) is 86.4 Å². The third-order valence-electron chi connectivity index (χ3n) is 7.99. The van der Waals surface area contributed by atoms with Gasteiger partial charge in [-0.2, -0.15) is 0 Å². The van der Waals surface area contributed by atoms with E-state index in [0.717, 1.165) is 0 Å². The summed E-state index contributed by atoms with van der Waals surface area (Å²) >= 11 is 0. The first-order chi connectivity index (χ1) is 26.7. The molecule has 1 heterocycles. The summed E-state index contributed by atoms with van der Waals surface area (Å²) in [4.78, 5) is 60.5. The zero-order chi connectivity index (χ0) is 40.0. The molecule has 0 aliphatic carbocycles. The van der Waals surface area contributed by atoms with E-state index < -0.39 is 23.4 Å². The summed E-state index contributed by atoms with van der Waals surface area (Å²) in [5.41, 5.74) is 2.22. The molecular formula is C40H35N3O10P3+. The van der Waals surface area contributed by atoms with Gasteiger partial charge in [0, 0.05) is 27.8 Å². The van der Waals surface area contributed by atoms with Crippen LogP contribution in [0, 0.1) is 0 Å². The molecule has 13 nitrogen and oxygen atoms in total. The van der Waals surface area contributed by atoms with Crippen LogP contribution in [0.15, 0.2) is 135 Å². The van der Waals surface area contributed by atoms with E-state index in [1.54, 1.807) is 121 Å². The van der Waals surface area contributed by atoms with E-state index in [4.69, 9.17) is 36.2 Å². The van der Waals surface area contributed by atoms with Crippen molar-refractivity contribution in [3.63, 3.8) is 0 Å². The van der Waals surface area contributed by atoms with Crippen LogP contribution in [0.3, 0.4) is 0 Å². The van der Waals surface area contributed by atoms with Crippen molar-refractivity contribution in [3.05, 3.63) is 149 Å². The number of carbonyl (C=O) groups is 5. The summed E-state index contributed by atoms with van der Waals surface area (Å²) in [6.07, 6.45) is 0. The molecule has 0 N–H and O–H groups in total. The molecule has 0 bridgehead atoms. The Kier molecular flexibility index (Phi) is 11.9. The van der Waals surface area contributed by atoms with Gasteiger partial charge in [-0.05, 0) is 156 Å². The number of nitrogens with zero attached hydrogens (tertiary/aromatic N) is 3. The van der Waals surface area contributed by atoms with E-state index >= 15 is 0 Å². The fourth-order valence-electron chi connectivity index (χ4n) is 5.01. The summed E-state index contributed by atoms with van der Waals surface area (Å²) in [5, 5.41) is 0. The topological polar surface area (TPSA) is 169 Å². The van der Waals surface area contributed by atoms with Crippen LogP contribution >= 0.6 is 23.4 Å². The summed E-state index contributed by atoms with van der Waals surface area (Å²) in [6, 6.07) is 31.7. The average Bonchev–Trinajstić information content (AvgIpc) is 3.15. The molecule has 0 saturated heterocycles. The molecule has 56 heavy (non-hydrogen) atoms. The second kappa shape index (κ2) is 16.8. The monoisotopic (exact) mass is 810 g/mol. The lowest BCUT2D eigenvalue weighted by atomic mass is 10.1. The molecule has 16 heteroatoms. The highest BCUT2D eigenvalue weighted by Gasteiger charge is 2.49. The first kappa shape index (κ1) is 39.7. The van der Waals surface area contributed by atoms with Crippen molar-refractivity contribution in [1.82, 2.24) is 0 Å². The Bertz CT molecular complexity index is 2230. The number of hydrogen-bond acceptors (Lipinski definition) is 13. The molecule has 0 amide bonds. The van der Waals surface area contributed by atoms with E-state index in [9.17, 15) is 24.0 Å². The number of rotatable bonds is 15. The fourth-order valence-corrected chi connectivity index (χ4v) is 12.5. The second-order valence-electron chi connectivity index (χ2n) is 12.4. The lowest BCUT2D eigenvalue weighted by molar-refractivity contribution is 0.100. The minimum absolute atomic E-state index is 0.134. The van der Waals surface area contributed by atoms with Crippen molar-refractivity contribution >= 4 is 52.3 Å². The van der Waals surface area contributed by atoms with Gasteiger partial charge in [-0.15, -0.1) is 0 Å². The predicted molar refractivity (Wildman–Crippen MR) is 213 cm³/mol. The largest absolute Gasteiger partial charge is 0.603 e. The van der Waals surface area contributed by atoms with Crippen LogP contribution in [-0.2, 0) is 0 Å². The molecule has 0 radical (unpaired) electrons. The molecule has 284 valence electrons. The van der Waals surface area contributed by atoms with E-state index in [-0.39, 0.29) is 51.9 Å². The number of ketones is 5. The molecule has 0 fully saturated rings. The predicted octanol–water partition coefficient (Wildman–Crippen LogP) is 11.8. The molecular weight excluding hydrogens is 775 g/mol. The van der Waals surface area contributed by atoms with Crippen LogP contribution < -0.4 is 22.6 Å². The van der Waals surface area contributed by atoms with Crippen molar-refractivity contribution in [2.45, 2.75) is 34.6 Å². The van der Waals surface area contributed by atoms with Crippen LogP contribution in [0.25, 0.3) is 0 Å². The highest BCUT2D eigenvalue weighted by atomic mass is 31.3. The second-order valence-corrected chi connectivity index (χ2v) is 17.9. The van der Waals surface area contributed by atoms with Gasteiger partial charge in [0.25, 0.3) is 0 Å². The van der Waals surface area contributed by atoms with E-state index in [1.807, 2.05) is 0 Å². The maximum Gasteiger partial charge on any atom is 0.603 e. The minimum atomic E-state index is -4.05. The standard InChI is InChI=1S/C40H35N3O10P3/c1-26(44)31-6-16-36(17-7-31)49-54-41-55(50-37-18-8-32(9-19-37)27(2)45,51-38-20-10-33(11-21-38)28(3)46)43-56(42-54,52-39-22-12-34(13-23-39)29(4)47)53-40-24-14-35(15-25-40)30(5)48/h6-25H,1-5H3/q+1. The first-order valence-corrected chi connectivity index (χ1v) is 21.2. The average molecular weight is 811 g/mol. The molecule has 5 aromatic carbocycles. The molecule has 6 rings (SSSR count). The van der Waals surface area contributed by atoms with Gasteiger partial charge in [-0.25, -0.2) is 4.52 Å². The SMILES string of the molecule is CC(=O)c1ccc(O[P+]2=NP(Oc3ccc(C(C)=O)cc3)(Oc3ccc(C(C)=O)cc3)=NP(Oc3ccc(C(C)=O)cc3)(Oc3ccc(C(C)=O)cc3)=N2)cc1. The Morgan fingerprint density at radius 2 is 0.643 bits per heavy atom. The number of carbonyl (C=O) groups excluding carboxylic acids is 5. The van der Waals surface area contributed by atoms with Crippen molar-refractivity contribution in [2.75, 3.05) is 0 Å². The van der Waals surface area contributed by atoms with Crippen LogP contribution in [0.2, 0.25) is 0 Å². The first-order valence-electron chi connectivity index (χ1n) is 17.0. The van der Waals surface area contributed by atoms with Gasteiger partial charge in [0.1, 0.15) is 23.0 Å². The summed E-state index contributed by atoms with van der Waals surface area (Å²) in [5.74, 6) is 0.480. The summed E-state index contributed by atoms with van der Waals surface area (Å²) in [6.45, 7) is 7.22. The molecule has 0 aromatic heterocycles. The van der Waals surface area contributed by atoms with Crippen LogP contribution in [0.5, 0.6) is 28.7 Å². The van der Waals surface area contributed by atoms with Gasteiger partial charge in [-0.1, -0.05) is 4.52 Å². The summed E-state index contributed by atoms with van der Waals surface area (Å²) in [7, 11) is -10.4. The maximum atomic E-state index is 12.1. The van der Waals surface area contributed by atoms with Crippen LogP contribution in [0.4, 0.5) is 0 Å². The highest BCUT2D eigenvalue weighted by Crippen LogP contribution is 2.73. The molecule has 0 saturated carbocycles. The lowest BCUT2D eigenvalue weighted by Crippen LogP contribution is -2.07. The fraction of sp³-hybridized carbons (Fsp3) is 0.125. The van der Waals surface area contributed by atoms with Gasteiger partial charge >= 0.3 is 23.4 Å². The third kappa shape index (κ3) is 9.81. The van der Waals surface area contributed by atoms with Crippen molar-refractivity contribution in [3.8, 4) is 28.7 Å². The van der Waals surface area contributed by atoms with Crippen LogP contribution in [-0.4, -0.2) is 28.9 Å². The van der Waals surface area contributed by atoms with Gasteiger partial charge in [0.15, 0.2) is 34.7 Å². The summed E-state index contributed by atoms with van der Waals surface area (Å²) < 4.78 is 47.5. The molecule has 0 spiro atoms. The minimum Gasteiger partial charge on any atom is -0.411 e. The molecule has 5 aromatic rings. The van der Waals surface area contributed by atoms with E-state index in [1.165, 1.54) is 34.6 Å². The van der Waals surface area contributed by atoms with E-state index in [2.05, 4.69) is 0 Å². The highest BCUT2D eigenvalue weighted by molar-refractivity contribution is 7.75. The van der Waals surface area contributed by atoms with E-state index in [0.29, 0.717) is 33.6 Å². The lowest BCUT2D eigenvalue weighted by Gasteiger charge is -2.25. The number of hydrogen-bond donors (Lipinski definition) is 0. The van der Waals surface area contributed by atoms with Gasteiger partial charge in [0.2, 0.25) is 0 Å². The maximum absolute atomic E-state index is 12.1. The molecule has 1 unspecified atom stereocenters. The number of Topliss-reactive ketones (excluding diaryl/α,β-unsaturated/α-hetero) is 5. The van der Waals surface area contributed by atoms with Gasteiger partial charge < -0.3 is 18.1 Å². The van der Waals surface area contributed by atoms with Gasteiger partial charge in [0.05, 0.1) is 9.03 Å². The zero-order valence-corrected chi connectivity index (χ0v) is 33.5.